The lowest BCUT2D eigenvalue weighted by Gasteiger charge is -2.06. The van der Waals surface area contributed by atoms with Crippen molar-refractivity contribution in [3.05, 3.63) is 35.2 Å². The molecule has 0 bridgehead atoms. The molecule has 0 N–H and O–H groups in total. The highest BCUT2D eigenvalue weighted by Crippen LogP contribution is 2.34. The molecule has 0 saturated carbocycles. The average Bonchev–Trinajstić information content (AvgIpc) is 2.89. The largest absolute Gasteiger partial charge is 0.456 e. The van der Waals surface area contributed by atoms with Crippen LogP contribution in [0.2, 0.25) is 5.02 Å². The van der Waals surface area contributed by atoms with Crippen LogP contribution in [0.1, 0.15) is 19.7 Å². The topological polar surface area (TPSA) is 78.6 Å². The molecule has 2 aromatic carbocycles. The van der Waals surface area contributed by atoms with E-state index in [9.17, 15) is 9.59 Å². The number of fused-ring (bicyclic) bond motifs is 3. The molecule has 0 amide bonds. The molecule has 3 aromatic rings. The molecular formula is C16H12ClNO5. The summed E-state index contributed by atoms with van der Waals surface area (Å²) in [5.74, 6) is -0.351. The second-order valence-corrected chi connectivity index (χ2v) is 5.31. The number of carbonyl (C=O) groups is 2. The van der Waals surface area contributed by atoms with Gasteiger partial charge in [0, 0.05) is 19.2 Å². The van der Waals surface area contributed by atoms with Crippen molar-refractivity contribution in [3.8, 4) is 5.75 Å². The number of halogens is 1. The minimum atomic E-state index is -0.466. The van der Waals surface area contributed by atoms with Crippen molar-refractivity contribution >= 4 is 45.4 Å². The Labute approximate surface area is 135 Å². The van der Waals surface area contributed by atoms with Crippen LogP contribution in [0.3, 0.4) is 0 Å². The predicted octanol–water partition coefficient (Wildman–Crippen LogP) is 3.62. The summed E-state index contributed by atoms with van der Waals surface area (Å²) in [4.78, 5) is 26.3. The van der Waals surface area contributed by atoms with Crippen LogP contribution >= 0.6 is 11.6 Å². The molecule has 3 rings (SSSR count). The van der Waals surface area contributed by atoms with E-state index >= 15 is 0 Å². The number of nitrogens with zero attached hydrogens (tertiary/aromatic N) is 1. The summed E-state index contributed by atoms with van der Waals surface area (Å²) in [5.41, 5.74) is 1.12. The van der Waals surface area contributed by atoms with Gasteiger partial charge < -0.3 is 13.9 Å². The van der Waals surface area contributed by atoms with E-state index in [1.54, 1.807) is 18.2 Å². The molecule has 7 heteroatoms. The molecule has 0 saturated heterocycles. The number of benzene rings is 2. The molecule has 0 spiro atoms. The van der Waals surface area contributed by atoms with E-state index in [1.807, 2.05) is 6.07 Å². The second kappa shape index (κ2) is 5.89. The molecule has 0 aliphatic carbocycles. The number of esters is 2. The number of aromatic nitrogens is 1. The summed E-state index contributed by atoms with van der Waals surface area (Å²) in [6.07, 6.45) is 0. The summed E-state index contributed by atoms with van der Waals surface area (Å²) in [5, 5.41) is 1.84. The first-order valence-electron chi connectivity index (χ1n) is 6.77. The normalized spacial score (nSPS) is 10.9. The van der Waals surface area contributed by atoms with Crippen LogP contribution < -0.4 is 4.74 Å². The van der Waals surface area contributed by atoms with Crippen LogP contribution in [0.5, 0.6) is 5.75 Å². The Morgan fingerprint density at radius 1 is 1.22 bits per heavy atom. The zero-order valence-corrected chi connectivity index (χ0v) is 13.1. The highest BCUT2D eigenvalue weighted by atomic mass is 35.5. The van der Waals surface area contributed by atoms with E-state index in [2.05, 4.69) is 4.98 Å². The van der Waals surface area contributed by atoms with Crippen molar-refractivity contribution in [1.29, 1.82) is 0 Å². The van der Waals surface area contributed by atoms with Crippen molar-refractivity contribution in [2.24, 2.45) is 0 Å². The highest BCUT2D eigenvalue weighted by Gasteiger charge is 2.14. The first-order chi connectivity index (χ1) is 10.9. The van der Waals surface area contributed by atoms with Gasteiger partial charge in [0.05, 0.1) is 5.02 Å². The van der Waals surface area contributed by atoms with E-state index < -0.39 is 11.9 Å². The minimum Gasteiger partial charge on any atom is -0.456 e. The van der Waals surface area contributed by atoms with Crippen molar-refractivity contribution in [1.82, 2.24) is 4.98 Å². The number of hydrogen-bond acceptors (Lipinski definition) is 6. The number of ether oxygens (including phenoxy) is 2. The van der Waals surface area contributed by atoms with Crippen LogP contribution in [0.25, 0.3) is 21.9 Å². The molecule has 0 fully saturated rings. The third kappa shape index (κ3) is 3.12. The Bertz CT molecular complexity index is 931. The first-order valence-corrected chi connectivity index (χ1v) is 7.15. The zero-order valence-electron chi connectivity index (χ0n) is 12.4. The molecular weight excluding hydrogens is 322 g/mol. The van der Waals surface area contributed by atoms with Crippen molar-refractivity contribution in [2.45, 2.75) is 20.5 Å². The maximum absolute atomic E-state index is 11.2. The number of hydrogen-bond donors (Lipinski definition) is 0. The minimum absolute atomic E-state index is 0.0457. The van der Waals surface area contributed by atoms with Crippen LogP contribution in [-0.2, 0) is 20.9 Å². The summed E-state index contributed by atoms with van der Waals surface area (Å²) in [6, 6.07) is 6.92. The van der Waals surface area contributed by atoms with Gasteiger partial charge in [-0.25, -0.2) is 4.98 Å². The van der Waals surface area contributed by atoms with Crippen LogP contribution in [0, 0.1) is 0 Å². The number of rotatable bonds is 3. The Balaban J connectivity index is 2.12. The van der Waals surface area contributed by atoms with Gasteiger partial charge in [-0.2, -0.15) is 0 Å². The molecule has 0 atom stereocenters. The lowest BCUT2D eigenvalue weighted by Crippen LogP contribution is -2.01. The monoisotopic (exact) mass is 333 g/mol. The lowest BCUT2D eigenvalue weighted by molar-refractivity contribution is -0.142. The summed E-state index contributed by atoms with van der Waals surface area (Å²) < 4.78 is 15.6. The fourth-order valence-electron chi connectivity index (χ4n) is 2.21. The van der Waals surface area contributed by atoms with Crippen LogP contribution in [-0.4, -0.2) is 16.9 Å². The SMILES string of the molecule is CC(=O)OCc1nc2ccc3cc(Cl)c(OC(C)=O)cc3c2o1. The standard InChI is InChI=1S/C16H12ClNO5/c1-8(19)21-7-15-18-13-4-3-10-5-12(17)14(22-9(2)20)6-11(10)16(13)23-15/h3-6H,7H2,1-2H3. The average molecular weight is 334 g/mol. The van der Waals surface area contributed by atoms with Gasteiger partial charge in [-0.1, -0.05) is 17.7 Å². The molecule has 0 aliphatic rings. The Hall–Kier alpha value is -2.60. The number of carbonyl (C=O) groups excluding carboxylic acids is 2. The predicted molar refractivity (Wildman–Crippen MR) is 83.3 cm³/mol. The van der Waals surface area contributed by atoms with Gasteiger partial charge in [-0.3, -0.25) is 9.59 Å². The molecule has 0 radical (unpaired) electrons. The lowest BCUT2D eigenvalue weighted by atomic mass is 10.1. The van der Waals surface area contributed by atoms with E-state index in [-0.39, 0.29) is 18.2 Å². The van der Waals surface area contributed by atoms with E-state index in [1.165, 1.54) is 13.8 Å². The Morgan fingerprint density at radius 2 is 2.00 bits per heavy atom. The van der Waals surface area contributed by atoms with Crippen molar-refractivity contribution in [2.75, 3.05) is 0 Å². The summed E-state index contributed by atoms with van der Waals surface area (Å²) >= 11 is 6.11. The summed E-state index contributed by atoms with van der Waals surface area (Å²) in [6.45, 7) is 2.56. The number of oxazole rings is 1. The fraction of sp³-hybridized carbons (Fsp3) is 0.188. The third-order valence-electron chi connectivity index (χ3n) is 3.12. The summed E-state index contributed by atoms with van der Waals surface area (Å²) in [7, 11) is 0. The van der Waals surface area contributed by atoms with Crippen LogP contribution in [0.4, 0.5) is 0 Å². The highest BCUT2D eigenvalue weighted by molar-refractivity contribution is 6.33. The molecule has 0 unspecified atom stereocenters. The third-order valence-corrected chi connectivity index (χ3v) is 3.42. The van der Waals surface area contributed by atoms with Gasteiger partial charge >= 0.3 is 11.9 Å². The maximum atomic E-state index is 11.2. The van der Waals surface area contributed by atoms with E-state index in [4.69, 9.17) is 25.5 Å². The molecule has 23 heavy (non-hydrogen) atoms. The Morgan fingerprint density at radius 3 is 2.70 bits per heavy atom. The van der Waals surface area contributed by atoms with Crippen molar-refractivity contribution < 1.29 is 23.5 Å². The Kier molecular flexibility index (Phi) is 3.92. The quantitative estimate of drug-likeness (QED) is 0.538. The molecule has 118 valence electrons. The van der Waals surface area contributed by atoms with Gasteiger partial charge in [0.2, 0.25) is 5.89 Å². The molecule has 1 heterocycles. The maximum Gasteiger partial charge on any atom is 0.308 e. The van der Waals surface area contributed by atoms with Gasteiger partial charge in [-0.05, 0) is 23.6 Å². The smallest absolute Gasteiger partial charge is 0.308 e. The molecule has 0 aliphatic heterocycles. The molecule has 1 aromatic heterocycles. The zero-order chi connectivity index (χ0) is 16.6. The van der Waals surface area contributed by atoms with Gasteiger partial charge in [0.25, 0.3) is 0 Å². The van der Waals surface area contributed by atoms with E-state index in [0.29, 0.717) is 21.5 Å². The molecule has 6 nitrogen and oxygen atoms in total. The van der Waals surface area contributed by atoms with Gasteiger partial charge in [0.15, 0.2) is 12.2 Å². The first kappa shape index (κ1) is 15.3. The fourth-order valence-corrected chi connectivity index (χ4v) is 2.42. The van der Waals surface area contributed by atoms with E-state index in [0.717, 1.165) is 5.39 Å². The second-order valence-electron chi connectivity index (χ2n) is 4.90. The van der Waals surface area contributed by atoms with Gasteiger partial charge in [0.1, 0.15) is 11.3 Å². The van der Waals surface area contributed by atoms with Crippen molar-refractivity contribution in [3.63, 3.8) is 0 Å². The van der Waals surface area contributed by atoms with Crippen LogP contribution in [0.15, 0.2) is 28.7 Å². The van der Waals surface area contributed by atoms with Gasteiger partial charge in [-0.15, -0.1) is 0 Å².